The van der Waals surface area contributed by atoms with Gasteiger partial charge in [-0.3, -0.25) is 4.79 Å². The molecule has 1 rings (SSSR count). The zero-order valence-corrected chi connectivity index (χ0v) is 11.7. The van der Waals surface area contributed by atoms with Gasteiger partial charge >= 0.3 is 0 Å². The van der Waals surface area contributed by atoms with E-state index in [0.29, 0.717) is 26.4 Å². The Bertz CT molecular complexity index is 407. The van der Waals surface area contributed by atoms with Crippen molar-refractivity contribution in [2.45, 2.75) is 12.8 Å². The molecule has 0 heterocycles. The number of carbonyl (C=O) groups excluding carboxylic acids is 1. The summed E-state index contributed by atoms with van der Waals surface area (Å²) >= 11 is 0. The molecule has 1 aromatic rings. The van der Waals surface area contributed by atoms with Crippen LogP contribution in [0.4, 0.5) is 10.1 Å². The monoisotopic (exact) mass is 284 g/mol. The maximum absolute atomic E-state index is 13.1. The average molecular weight is 284 g/mol. The summed E-state index contributed by atoms with van der Waals surface area (Å²) in [6.07, 6.45) is 1.64. The summed E-state index contributed by atoms with van der Waals surface area (Å²) in [5.74, 6) is -0.835. The Morgan fingerprint density at radius 2 is 2.05 bits per heavy atom. The molecule has 0 aromatic heterocycles. The predicted molar refractivity (Wildman–Crippen MR) is 75.1 cm³/mol. The minimum absolute atomic E-state index is 0.235. The third-order valence-corrected chi connectivity index (χ3v) is 2.62. The molecule has 0 unspecified atom stereocenters. The normalized spacial score (nSPS) is 10.5. The van der Waals surface area contributed by atoms with Crippen LogP contribution in [0.1, 0.15) is 23.2 Å². The van der Waals surface area contributed by atoms with Gasteiger partial charge in [0, 0.05) is 31.5 Å². The highest BCUT2D eigenvalue weighted by Gasteiger charge is 2.07. The van der Waals surface area contributed by atoms with Gasteiger partial charge in [0.2, 0.25) is 0 Å². The molecule has 0 aliphatic rings. The van der Waals surface area contributed by atoms with E-state index in [9.17, 15) is 9.18 Å². The zero-order valence-electron chi connectivity index (χ0n) is 11.7. The SMILES string of the molecule is COCCOCCCCNC(=O)c1cc(N)cc(F)c1. The van der Waals surface area contributed by atoms with Gasteiger partial charge in [-0.25, -0.2) is 4.39 Å². The Kier molecular flexibility index (Phi) is 7.60. The summed E-state index contributed by atoms with van der Waals surface area (Å²) in [4.78, 5) is 11.7. The molecule has 20 heavy (non-hydrogen) atoms. The third-order valence-electron chi connectivity index (χ3n) is 2.62. The summed E-state index contributed by atoms with van der Waals surface area (Å²) in [6, 6.07) is 3.79. The lowest BCUT2D eigenvalue weighted by atomic mass is 10.2. The first kappa shape index (κ1) is 16.4. The maximum atomic E-state index is 13.1. The number of benzene rings is 1. The Labute approximate surface area is 118 Å². The first-order chi connectivity index (χ1) is 9.63. The van der Waals surface area contributed by atoms with E-state index in [1.807, 2.05) is 0 Å². The number of rotatable bonds is 9. The van der Waals surface area contributed by atoms with Crippen molar-refractivity contribution in [1.29, 1.82) is 0 Å². The number of nitrogens with two attached hydrogens (primary N) is 1. The number of hydrogen-bond donors (Lipinski definition) is 2. The van der Waals surface area contributed by atoms with Crippen molar-refractivity contribution in [1.82, 2.24) is 5.32 Å². The van der Waals surface area contributed by atoms with Crippen LogP contribution in [0.25, 0.3) is 0 Å². The van der Waals surface area contributed by atoms with E-state index >= 15 is 0 Å². The first-order valence-electron chi connectivity index (χ1n) is 6.54. The second-order valence-electron chi connectivity index (χ2n) is 4.34. The average Bonchev–Trinajstić information content (AvgIpc) is 2.40. The topological polar surface area (TPSA) is 73.6 Å². The Morgan fingerprint density at radius 3 is 2.75 bits per heavy atom. The van der Waals surface area contributed by atoms with Crippen LogP contribution < -0.4 is 11.1 Å². The van der Waals surface area contributed by atoms with E-state index < -0.39 is 5.82 Å². The summed E-state index contributed by atoms with van der Waals surface area (Å²) in [5.41, 5.74) is 5.96. The van der Waals surface area contributed by atoms with Crippen molar-refractivity contribution in [3.63, 3.8) is 0 Å². The number of unbranched alkanes of at least 4 members (excludes halogenated alkanes) is 1. The van der Waals surface area contributed by atoms with Crippen LogP contribution in [0.3, 0.4) is 0 Å². The molecule has 0 saturated carbocycles. The van der Waals surface area contributed by atoms with Crippen LogP contribution in [0, 0.1) is 5.82 Å². The lowest BCUT2D eigenvalue weighted by molar-refractivity contribution is 0.0686. The van der Waals surface area contributed by atoms with Crippen molar-refractivity contribution in [2.24, 2.45) is 0 Å². The van der Waals surface area contributed by atoms with E-state index in [4.69, 9.17) is 15.2 Å². The number of halogens is 1. The van der Waals surface area contributed by atoms with Gasteiger partial charge in [-0.05, 0) is 31.0 Å². The number of nitrogen functional groups attached to an aromatic ring is 1. The summed E-state index contributed by atoms with van der Waals surface area (Å²) in [6.45, 7) is 2.30. The molecule has 3 N–H and O–H groups in total. The van der Waals surface area contributed by atoms with Crippen LogP contribution in [-0.4, -0.2) is 39.4 Å². The lowest BCUT2D eigenvalue weighted by Crippen LogP contribution is -2.25. The van der Waals surface area contributed by atoms with E-state index in [2.05, 4.69) is 5.32 Å². The number of anilines is 1. The smallest absolute Gasteiger partial charge is 0.251 e. The van der Waals surface area contributed by atoms with E-state index in [1.54, 1.807) is 7.11 Å². The van der Waals surface area contributed by atoms with E-state index in [0.717, 1.165) is 12.8 Å². The molecule has 0 saturated heterocycles. The number of methoxy groups -OCH3 is 1. The molecule has 1 aromatic carbocycles. The minimum Gasteiger partial charge on any atom is -0.399 e. The Hall–Kier alpha value is -1.66. The number of hydrogen-bond acceptors (Lipinski definition) is 4. The highest BCUT2D eigenvalue weighted by molar-refractivity contribution is 5.95. The standard InChI is InChI=1S/C14H21FN2O3/c1-19-6-7-20-5-3-2-4-17-14(18)11-8-12(15)10-13(16)9-11/h8-10H,2-7,16H2,1H3,(H,17,18). The molecule has 0 aliphatic carbocycles. The predicted octanol–water partition coefficient (Wildman–Crippen LogP) is 1.58. The third kappa shape index (κ3) is 6.49. The van der Waals surface area contributed by atoms with Gasteiger partial charge in [0.1, 0.15) is 5.82 Å². The highest BCUT2D eigenvalue weighted by atomic mass is 19.1. The van der Waals surface area contributed by atoms with Gasteiger partial charge in [-0.2, -0.15) is 0 Å². The zero-order chi connectivity index (χ0) is 14.8. The van der Waals surface area contributed by atoms with Crippen molar-refractivity contribution in [2.75, 3.05) is 39.2 Å². The lowest BCUT2D eigenvalue weighted by Gasteiger charge is -2.07. The van der Waals surface area contributed by atoms with Gasteiger partial charge in [0.25, 0.3) is 5.91 Å². The van der Waals surface area contributed by atoms with Crippen molar-refractivity contribution < 1.29 is 18.7 Å². The van der Waals surface area contributed by atoms with Crippen molar-refractivity contribution >= 4 is 11.6 Å². The number of nitrogens with one attached hydrogen (secondary N) is 1. The number of carbonyl (C=O) groups is 1. The summed E-state index contributed by atoms with van der Waals surface area (Å²) in [5, 5.41) is 2.71. The minimum atomic E-state index is -0.512. The van der Waals surface area contributed by atoms with Crippen LogP contribution in [-0.2, 0) is 9.47 Å². The number of amides is 1. The summed E-state index contributed by atoms with van der Waals surface area (Å²) < 4.78 is 23.2. The molecule has 1 amide bonds. The van der Waals surface area contributed by atoms with Gasteiger partial charge in [-0.1, -0.05) is 0 Å². The van der Waals surface area contributed by atoms with Crippen molar-refractivity contribution in [3.05, 3.63) is 29.6 Å². The van der Waals surface area contributed by atoms with E-state index in [-0.39, 0.29) is 17.2 Å². The van der Waals surface area contributed by atoms with Crippen LogP contribution in [0.15, 0.2) is 18.2 Å². The van der Waals surface area contributed by atoms with Gasteiger partial charge in [0.15, 0.2) is 0 Å². The molecule has 0 aliphatic heterocycles. The van der Waals surface area contributed by atoms with Gasteiger partial charge in [-0.15, -0.1) is 0 Å². The fourth-order valence-electron chi connectivity index (χ4n) is 1.62. The molecule has 0 radical (unpaired) electrons. The quantitative estimate of drug-likeness (QED) is 0.533. The number of ether oxygens (including phenoxy) is 2. The van der Waals surface area contributed by atoms with Crippen LogP contribution >= 0.6 is 0 Å². The second kappa shape index (κ2) is 9.28. The molecule has 0 fully saturated rings. The molecular formula is C14H21FN2O3. The fraction of sp³-hybridized carbons (Fsp3) is 0.500. The Morgan fingerprint density at radius 1 is 1.25 bits per heavy atom. The van der Waals surface area contributed by atoms with Gasteiger partial charge in [0.05, 0.1) is 13.2 Å². The van der Waals surface area contributed by atoms with Crippen molar-refractivity contribution in [3.8, 4) is 0 Å². The first-order valence-corrected chi connectivity index (χ1v) is 6.54. The molecule has 0 bridgehead atoms. The molecular weight excluding hydrogens is 263 g/mol. The van der Waals surface area contributed by atoms with Crippen LogP contribution in [0.5, 0.6) is 0 Å². The second-order valence-corrected chi connectivity index (χ2v) is 4.34. The molecule has 112 valence electrons. The molecule has 0 atom stereocenters. The maximum Gasteiger partial charge on any atom is 0.251 e. The van der Waals surface area contributed by atoms with E-state index in [1.165, 1.54) is 18.2 Å². The summed E-state index contributed by atoms with van der Waals surface area (Å²) in [7, 11) is 1.62. The highest BCUT2D eigenvalue weighted by Crippen LogP contribution is 2.10. The fourth-order valence-corrected chi connectivity index (χ4v) is 1.62. The largest absolute Gasteiger partial charge is 0.399 e. The Balaban J connectivity index is 2.17. The van der Waals surface area contributed by atoms with Gasteiger partial charge < -0.3 is 20.5 Å². The molecule has 0 spiro atoms. The molecule has 6 heteroatoms. The van der Waals surface area contributed by atoms with Crippen LogP contribution in [0.2, 0.25) is 0 Å². The molecule has 5 nitrogen and oxygen atoms in total.